The van der Waals surface area contributed by atoms with Crippen LogP contribution >= 0.6 is 31.9 Å². The Kier molecular flexibility index (Phi) is 3.52. The highest BCUT2D eigenvalue weighted by atomic mass is 79.9. The Bertz CT molecular complexity index is 813. The molecule has 1 aromatic heterocycles. The van der Waals surface area contributed by atoms with Gasteiger partial charge in [0.25, 0.3) is 0 Å². The Labute approximate surface area is 134 Å². The summed E-state index contributed by atoms with van der Waals surface area (Å²) in [5.74, 6) is 0. The molecule has 100 valence electrons. The first-order valence-corrected chi connectivity index (χ1v) is 7.76. The number of aryl methyl sites for hydroxylation is 1. The lowest BCUT2D eigenvalue weighted by Crippen LogP contribution is -1.94. The summed E-state index contributed by atoms with van der Waals surface area (Å²) in [5, 5.41) is 1.08. The number of anilines is 1. The highest BCUT2D eigenvalue weighted by Crippen LogP contribution is 2.33. The SMILES string of the molecule is Cc1nc2c(Br)cc(Br)cc2cc1-c1ccccc1N. The number of para-hydroxylation sites is 1. The van der Waals surface area contributed by atoms with E-state index in [2.05, 4.69) is 44.0 Å². The van der Waals surface area contributed by atoms with Gasteiger partial charge in [-0.2, -0.15) is 0 Å². The molecule has 2 nitrogen and oxygen atoms in total. The topological polar surface area (TPSA) is 38.9 Å². The van der Waals surface area contributed by atoms with Gasteiger partial charge in [0.05, 0.1) is 5.52 Å². The van der Waals surface area contributed by atoms with Gasteiger partial charge in [0.15, 0.2) is 0 Å². The summed E-state index contributed by atoms with van der Waals surface area (Å²) in [5.41, 5.74) is 10.9. The first kappa shape index (κ1) is 13.6. The second-order valence-corrected chi connectivity index (χ2v) is 6.44. The van der Waals surface area contributed by atoms with Crippen molar-refractivity contribution in [3.8, 4) is 11.1 Å². The van der Waals surface area contributed by atoms with Crippen LogP contribution in [0.4, 0.5) is 5.69 Å². The van der Waals surface area contributed by atoms with Crippen LogP contribution in [0.1, 0.15) is 5.69 Å². The van der Waals surface area contributed by atoms with Gasteiger partial charge in [-0.05, 0) is 47.1 Å². The van der Waals surface area contributed by atoms with Gasteiger partial charge in [0.2, 0.25) is 0 Å². The zero-order valence-corrected chi connectivity index (χ0v) is 14.0. The standard InChI is InChI=1S/C16H12Br2N2/c1-9-13(12-4-2-3-5-15(12)19)7-10-6-11(17)8-14(18)16(10)20-9/h2-8H,19H2,1H3. The van der Waals surface area contributed by atoms with E-state index in [1.54, 1.807) is 0 Å². The van der Waals surface area contributed by atoms with Crippen molar-refractivity contribution >= 4 is 48.5 Å². The molecular weight excluding hydrogens is 380 g/mol. The van der Waals surface area contributed by atoms with Crippen LogP contribution in [0.5, 0.6) is 0 Å². The van der Waals surface area contributed by atoms with E-state index in [1.165, 1.54) is 0 Å². The van der Waals surface area contributed by atoms with Gasteiger partial charge in [-0.1, -0.05) is 34.1 Å². The second-order valence-electron chi connectivity index (χ2n) is 4.67. The van der Waals surface area contributed by atoms with E-state index in [0.717, 1.165) is 42.4 Å². The molecule has 3 aromatic rings. The third-order valence-electron chi connectivity index (χ3n) is 3.28. The average Bonchev–Trinajstić information content (AvgIpc) is 2.40. The maximum absolute atomic E-state index is 6.08. The zero-order chi connectivity index (χ0) is 14.3. The van der Waals surface area contributed by atoms with Crippen molar-refractivity contribution < 1.29 is 0 Å². The normalized spacial score (nSPS) is 10.9. The number of aromatic nitrogens is 1. The first-order valence-electron chi connectivity index (χ1n) is 6.17. The van der Waals surface area contributed by atoms with E-state index in [9.17, 15) is 0 Å². The number of hydrogen-bond acceptors (Lipinski definition) is 2. The Morgan fingerprint density at radius 1 is 1.00 bits per heavy atom. The van der Waals surface area contributed by atoms with E-state index in [0.29, 0.717) is 0 Å². The molecule has 0 unspecified atom stereocenters. The van der Waals surface area contributed by atoms with E-state index >= 15 is 0 Å². The van der Waals surface area contributed by atoms with Crippen LogP contribution in [0, 0.1) is 6.92 Å². The predicted octanol–water partition coefficient (Wildman–Crippen LogP) is 5.32. The minimum atomic E-state index is 0.769. The van der Waals surface area contributed by atoms with Crippen molar-refractivity contribution in [3.63, 3.8) is 0 Å². The minimum absolute atomic E-state index is 0.769. The molecule has 0 atom stereocenters. The highest BCUT2D eigenvalue weighted by molar-refractivity contribution is 9.11. The predicted molar refractivity (Wildman–Crippen MR) is 91.7 cm³/mol. The summed E-state index contributed by atoms with van der Waals surface area (Å²) in [4.78, 5) is 4.71. The third kappa shape index (κ3) is 2.34. The maximum atomic E-state index is 6.08. The lowest BCUT2D eigenvalue weighted by molar-refractivity contribution is 1.25. The summed E-state index contributed by atoms with van der Waals surface area (Å²) in [6, 6.07) is 14.1. The summed E-state index contributed by atoms with van der Waals surface area (Å²) < 4.78 is 2.01. The van der Waals surface area contributed by atoms with Crippen molar-refractivity contribution in [2.45, 2.75) is 6.92 Å². The third-order valence-corrected chi connectivity index (χ3v) is 4.34. The highest BCUT2D eigenvalue weighted by Gasteiger charge is 2.10. The molecule has 0 fully saturated rings. The molecule has 3 rings (SSSR count). The van der Waals surface area contributed by atoms with Crippen molar-refractivity contribution in [2.75, 3.05) is 5.73 Å². The van der Waals surface area contributed by atoms with Crippen LogP contribution in [-0.4, -0.2) is 4.98 Å². The molecule has 2 aromatic carbocycles. The first-order chi connectivity index (χ1) is 9.56. The number of halogens is 2. The fraction of sp³-hybridized carbons (Fsp3) is 0.0625. The fourth-order valence-corrected chi connectivity index (χ4v) is 3.66. The Morgan fingerprint density at radius 3 is 2.50 bits per heavy atom. The summed E-state index contributed by atoms with van der Waals surface area (Å²) in [7, 11) is 0. The Hall–Kier alpha value is -1.39. The fourth-order valence-electron chi connectivity index (χ4n) is 2.32. The van der Waals surface area contributed by atoms with Gasteiger partial charge >= 0.3 is 0 Å². The number of nitrogen functional groups attached to an aromatic ring is 1. The van der Waals surface area contributed by atoms with Gasteiger partial charge in [0, 0.05) is 36.8 Å². The quantitative estimate of drug-likeness (QED) is 0.570. The van der Waals surface area contributed by atoms with Crippen LogP contribution in [0.15, 0.2) is 51.4 Å². The van der Waals surface area contributed by atoms with Gasteiger partial charge in [0.1, 0.15) is 0 Å². The number of rotatable bonds is 1. The molecule has 0 saturated heterocycles. The van der Waals surface area contributed by atoms with Gasteiger partial charge in [-0.15, -0.1) is 0 Å². The van der Waals surface area contributed by atoms with Crippen molar-refractivity contribution in [3.05, 3.63) is 57.1 Å². The van der Waals surface area contributed by atoms with Crippen molar-refractivity contribution in [1.82, 2.24) is 4.98 Å². The summed E-state index contributed by atoms with van der Waals surface area (Å²) in [6.45, 7) is 2.01. The molecule has 2 N–H and O–H groups in total. The molecule has 0 spiro atoms. The largest absolute Gasteiger partial charge is 0.398 e. The molecule has 4 heteroatoms. The van der Waals surface area contributed by atoms with Crippen LogP contribution in [0.3, 0.4) is 0 Å². The monoisotopic (exact) mass is 390 g/mol. The number of fused-ring (bicyclic) bond motifs is 1. The Morgan fingerprint density at radius 2 is 1.75 bits per heavy atom. The molecule has 0 saturated carbocycles. The molecule has 0 aliphatic heterocycles. The van der Waals surface area contributed by atoms with Gasteiger partial charge in [-0.3, -0.25) is 4.98 Å². The molecular formula is C16H12Br2N2. The summed E-state index contributed by atoms with van der Waals surface area (Å²) in [6.07, 6.45) is 0. The Balaban J connectivity index is 2.33. The number of nitrogens with two attached hydrogens (primary N) is 1. The zero-order valence-electron chi connectivity index (χ0n) is 10.8. The van der Waals surface area contributed by atoms with Crippen LogP contribution in [0.25, 0.3) is 22.0 Å². The number of benzene rings is 2. The van der Waals surface area contributed by atoms with Crippen molar-refractivity contribution in [2.24, 2.45) is 0 Å². The van der Waals surface area contributed by atoms with E-state index in [-0.39, 0.29) is 0 Å². The lowest BCUT2D eigenvalue weighted by atomic mass is 10.0. The lowest BCUT2D eigenvalue weighted by Gasteiger charge is -2.11. The van der Waals surface area contributed by atoms with E-state index in [1.807, 2.05) is 37.3 Å². The summed E-state index contributed by atoms with van der Waals surface area (Å²) >= 11 is 7.07. The van der Waals surface area contributed by atoms with E-state index < -0.39 is 0 Å². The molecule has 0 aliphatic rings. The number of hydrogen-bond donors (Lipinski definition) is 1. The van der Waals surface area contributed by atoms with Gasteiger partial charge < -0.3 is 5.73 Å². The van der Waals surface area contributed by atoms with Crippen LogP contribution in [0.2, 0.25) is 0 Å². The molecule has 0 aliphatic carbocycles. The molecule has 0 amide bonds. The second kappa shape index (κ2) is 5.19. The van der Waals surface area contributed by atoms with Crippen LogP contribution in [-0.2, 0) is 0 Å². The van der Waals surface area contributed by atoms with Crippen molar-refractivity contribution in [1.29, 1.82) is 0 Å². The van der Waals surface area contributed by atoms with Gasteiger partial charge in [-0.25, -0.2) is 0 Å². The number of pyridine rings is 1. The number of nitrogens with zero attached hydrogens (tertiary/aromatic N) is 1. The van der Waals surface area contributed by atoms with Crippen LogP contribution < -0.4 is 5.73 Å². The van der Waals surface area contributed by atoms with E-state index in [4.69, 9.17) is 10.7 Å². The molecule has 1 heterocycles. The minimum Gasteiger partial charge on any atom is -0.398 e. The average molecular weight is 392 g/mol. The molecule has 0 radical (unpaired) electrons. The smallest absolute Gasteiger partial charge is 0.0848 e. The maximum Gasteiger partial charge on any atom is 0.0848 e. The molecule has 20 heavy (non-hydrogen) atoms. The molecule has 0 bridgehead atoms.